The molecule has 2 aromatic rings. The first-order valence-corrected chi connectivity index (χ1v) is 5.83. The summed E-state index contributed by atoms with van der Waals surface area (Å²) in [6.45, 7) is 3.79. The van der Waals surface area contributed by atoms with Crippen LogP contribution < -0.4 is 5.32 Å². The van der Waals surface area contributed by atoms with Gasteiger partial charge in [-0.25, -0.2) is 0 Å². The minimum absolute atomic E-state index is 0.293. The normalized spacial score (nSPS) is 10.4. The number of rotatable bonds is 5. The lowest BCUT2D eigenvalue weighted by Crippen LogP contribution is -2.02. The number of aromatic hydroxyl groups is 1. The standard InChI is InChI=1S/C13H17N3O/c1-2-8-16-9-7-13(15-16)14-10-11-3-5-12(17)6-4-11/h3-7,9,17H,2,8,10H2,1H3,(H,14,15). The molecule has 0 saturated heterocycles. The molecule has 0 aliphatic heterocycles. The van der Waals surface area contributed by atoms with Gasteiger partial charge in [0.15, 0.2) is 0 Å². The lowest BCUT2D eigenvalue weighted by molar-refractivity contribution is 0.475. The fourth-order valence-electron chi connectivity index (χ4n) is 1.62. The van der Waals surface area contributed by atoms with Crippen LogP contribution in [0.4, 0.5) is 5.82 Å². The topological polar surface area (TPSA) is 50.1 Å². The van der Waals surface area contributed by atoms with Crippen LogP contribution in [-0.4, -0.2) is 14.9 Å². The Hall–Kier alpha value is -1.97. The number of benzene rings is 1. The van der Waals surface area contributed by atoms with Crippen molar-refractivity contribution in [3.05, 3.63) is 42.1 Å². The molecule has 0 aliphatic rings. The molecule has 4 nitrogen and oxygen atoms in total. The maximum atomic E-state index is 9.17. The molecule has 0 spiro atoms. The lowest BCUT2D eigenvalue weighted by Gasteiger charge is -2.03. The van der Waals surface area contributed by atoms with Gasteiger partial charge in [-0.15, -0.1) is 0 Å². The summed E-state index contributed by atoms with van der Waals surface area (Å²) in [5.41, 5.74) is 1.12. The highest BCUT2D eigenvalue weighted by molar-refractivity contribution is 5.35. The number of nitrogens with one attached hydrogen (secondary N) is 1. The number of aromatic nitrogens is 2. The molecular formula is C13H17N3O. The molecular weight excluding hydrogens is 214 g/mol. The number of phenolic OH excluding ortho intramolecular Hbond substituents is 1. The number of nitrogens with zero attached hydrogens (tertiary/aromatic N) is 2. The number of phenols is 1. The zero-order chi connectivity index (χ0) is 12.1. The van der Waals surface area contributed by atoms with Crippen LogP contribution in [0.5, 0.6) is 5.75 Å². The van der Waals surface area contributed by atoms with Crippen molar-refractivity contribution in [1.82, 2.24) is 9.78 Å². The molecule has 17 heavy (non-hydrogen) atoms. The van der Waals surface area contributed by atoms with Crippen molar-refractivity contribution in [2.45, 2.75) is 26.4 Å². The largest absolute Gasteiger partial charge is 0.508 e. The fraction of sp³-hybridized carbons (Fsp3) is 0.308. The third-order valence-corrected chi connectivity index (χ3v) is 2.50. The molecule has 1 heterocycles. The van der Waals surface area contributed by atoms with E-state index >= 15 is 0 Å². The van der Waals surface area contributed by atoms with Gasteiger partial charge in [0.05, 0.1) is 0 Å². The first-order valence-electron chi connectivity index (χ1n) is 5.83. The van der Waals surface area contributed by atoms with Gasteiger partial charge in [0.2, 0.25) is 0 Å². The highest BCUT2D eigenvalue weighted by Crippen LogP contribution is 2.11. The van der Waals surface area contributed by atoms with Gasteiger partial charge >= 0.3 is 0 Å². The van der Waals surface area contributed by atoms with Gasteiger partial charge in [-0.05, 0) is 24.1 Å². The minimum atomic E-state index is 0.293. The van der Waals surface area contributed by atoms with Crippen molar-refractivity contribution in [3.8, 4) is 5.75 Å². The summed E-state index contributed by atoms with van der Waals surface area (Å²) in [5, 5.41) is 16.8. The third kappa shape index (κ3) is 3.24. The molecule has 4 heteroatoms. The molecule has 0 bridgehead atoms. The molecule has 0 atom stereocenters. The van der Waals surface area contributed by atoms with E-state index in [-0.39, 0.29) is 0 Å². The molecule has 1 aromatic carbocycles. The van der Waals surface area contributed by atoms with Gasteiger partial charge in [-0.2, -0.15) is 5.10 Å². The van der Waals surface area contributed by atoms with Crippen LogP contribution in [0.3, 0.4) is 0 Å². The molecule has 0 saturated carbocycles. The van der Waals surface area contributed by atoms with Crippen LogP contribution in [0.25, 0.3) is 0 Å². The fourth-order valence-corrected chi connectivity index (χ4v) is 1.62. The Morgan fingerprint density at radius 1 is 1.24 bits per heavy atom. The van der Waals surface area contributed by atoms with Crippen LogP contribution in [0.1, 0.15) is 18.9 Å². The molecule has 2 N–H and O–H groups in total. The van der Waals surface area contributed by atoms with Crippen LogP contribution >= 0.6 is 0 Å². The maximum absolute atomic E-state index is 9.17. The summed E-state index contributed by atoms with van der Waals surface area (Å²) < 4.78 is 1.93. The zero-order valence-electron chi connectivity index (χ0n) is 9.93. The summed E-state index contributed by atoms with van der Waals surface area (Å²) >= 11 is 0. The van der Waals surface area contributed by atoms with Crippen LogP contribution in [0, 0.1) is 0 Å². The Bertz CT molecular complexity index is 462. The minimum Gasteiger partial charge on any atom is -0.508 e. The smallest absolute Gasteiger partial charge is 0.148 e. The highest BCUT2D eigenvalue weighted by atomic mass is 16.3. The van der Waals surface area contributed by atoms with Gasteiger partial charge in [-0.1, -0.05) is 19.1 Å². The second-order valence-electron chi connectivity index (χ2n) is 3.98. The van der Waals surface area contributed by atoms with E-state index in [4.69, 9.17) is 5.11 Å². The molecule has 2 rings (SSSR count). The van der Waals surface area contributed by atoms with E-state index in [0.29, 0.717) is 12.3 Å². The lowest BCUT2D eigenvalue weighted by atomic mass is 10.2. The SMILES string of the molecule is CCCn1ccc(NCc2ccc(O)cc2)n1. The molecule has 1 aromatic heterocycles. The van der Waals surface area contributed by atoms with Gasteiger partial charge in [-0.3, -0.25) is 4.68 Å². The predicted molar refractivity (Wildman–Crippen MR) is 68.0 cm³/mol. The Labute approximate surface area is 101 Å². The molecule has 0 fully saturated rings. The monoisotopic (exact) mass is 231 g/mol. The van der Waals surface area contributed by atoms with Crippen molar-refractivity contribution in [1.29, 1.82) is 0 Å². The third-order valence-electron chi connectivity index (χ3n) is 2.50. The molecule has 0 aliphatic carbocycles. The molecule has 0 radical (unpaired) electrons. The summed E-state index contributed by atoms with van der Waals surface area (Å²) in [5.74, 6) is 1.17. The molecule has 0 unspecified atom stereocenters. The maximum Gasteiger partial charge on any atom is 0.148 e. The number of aryl methyl sites for hydroxylation is 1. The predicted octanol–water partition coefficient (Wildman–Crippen LogP) is 2.61. The first kappa shape index (κ1) is 11.5. The van der Waals surface area contributed by atoms with E-state index in [2.05, 4.69) is 17.3 Å². The van der Waals surface area contributed by atoms with Crippen LogP contribution in [-0.2, 0) is 13.1 Å². The van der Waals surface area contributed by atoms with E-state index < -0.39 is 0 Å². The number of hydrogen-bond donors (Lipinski definition) is 2. The van der Waals surface area contributed by atoms with E-state index in [9.17, 15) is 0 Å². The van der Waals surface area contributed by atoms with Crippen molar-refractivity contribution in [2.75, 3.05) is 5.32 Å². The quantitative estimate of drug-likeness (QED) is 0.831. The van der Waals surface area contributed by atoms with Crippen LogP contribution in [0.15, 0.2) is 36.5 Å². The summed E-state index contributed by atoms with van der Waals surface area (Å²) in [6, 6.07) is 9.13. The van der Waals surface area contributed by atoms with Crippen molar-refractivity contribution in [2.24, 2.45) is 0 Å². The van der Waals surface area contributed by atoms with E-state index in [0.717, 1.165) is 24.3 Å². The van der Waals surface area contributed by atoms with Gasteiger partial charge in [0, 0.05) is 25.4 Å². The molecule has 90 valence electrons. The summed E-state index contributed by atoms with van der Waals surface area (Å²) in [6.07, 6.45) is 3.06. The van der Waals surface area contributed by atoms with Crippen molar-refractivity contribution in [3.63, 3.8) is 0 Å². The van der Waals surface area contributed by atoms with Crippen molar-refractivity contribution >= 4 is 5.82 Å². The van der Waals surface area contributed by atoms with E-state index in [1.807, 2.05) is 29.1 Å². The average Bonchev–Trinajstić information content (AvgIpc) is 2.77. The average molecular weight is 231 g/mol. The number of anilines is 1. The van der Waals surface area contributed by atoms with E-state index in [1.54, 1.807) is 12.1 Å². The Morgan fingerprint density at radius 3 is 2.71 bits per heavy atom. The second kappa shape index (κ2) is 5.39. The van der Waals surface area contributed by atoms with Crippen LogP contribution in [0.2, 0.25) is 0 Å². The Kier molecular flexibility index (Phi) is 3.65. The second-order valence-corrected chi connectivity index (χ2v) is 3.98. The van der Waals surface area contributed by atoms with Gasteiger partial charge in [0.25, 0.3) is 0 Å². The Morgan fingerprint density at radius 2 is 2.00 bits per heavy atom. The van der Waals surface area contributed by atoms with Gasteiger partial charge < -0.3 is 10.4 Å². The first-order chi connectivity index (χ1) is 8.28. The Balaban J connectivity index is 1.90. The van der Waals surface area contributed by atoms with Crippen molar-refractivity contribution < 1.29 is 5.11 Å². The zero-order valence-corrected chi connectivity index (χ0v) is 9.93. The number of hydrogen-bond acceptors (Lipinski definition) is 3. The van der Waals surface area contributed by atoms with E-state index in [1.165, 1.54) is 0 Å². The summed E-state index contributed by atoms with van der Waals surface area (Å²) in [7, 11) is 0. The highest BCUT2D eigenvalue weighted by Gasteiger charge is 1.98. The molecule has 0 amide bonds. The summed E-state index contributed by atoms with van der Waals surface area (Å²) in [4.78, 5) is 0. The van der Waals surface area contributed by atoms with Gasteiger partial charge in [0.1, 0.15) is 11.6 Å².